The largest absolute Gasteiger partial charge is 0.497 e. The van der Waals surface area contributed by atoms with Gasteiger partial charge in [0.1, 0.15) is 17.8 Å². The summed E-state index contributed by atoms with van der Waals surface area (Å²) in [5, 5.41) is 14.9. The quantitative estimate of drug-likeness (QED) is 0.381. The lowest BCUT2D eigenvalue weighted by Crippen LogP contribution is -2.53. The third kappa shape index (κ3) is 6.18. The Bertz CT molecular complexity index is 1040. The summed E-state index contributed by atoms with van der Waals surface area (Å²) in [4.78, 5) is 44.2. The van der Waals surface area contributed by atoms with E-state index in [0.717, 1.165) is 5.56 Å². The average molecular weight is 436 g/mol. The summed E-state index contributed by atoms with van der Waals surface area (Å²) in [6.07, 6.45) is 3.21. The average Bonchev–Trinajstić information content (AvgIpc) is 3.32. The zero-order valence-electron chi connectivity index (χ0n) is 17.4. The van der Waals surface area contributed by atoms with Gasteiger partial charge in [-0.1, -0.05) is 30.3 Å². The smallest absolute Gasteiger partial charge is 0.326 e. The fraction of sp³-hybridized carbons (Fsp3) is 0.217. The van der Waals surface area contributed by atoms with Crippen LogP contribution >= 0.6 is 0 Å². The molecule has 2 amide bonds. The van der Waals surface area contributed by atoms with Crippen molar-refractivity contribution in [2.75, 3.05) is 7.11 Å². The highest BCUT2D eigenvalue weighted by Crippen LogP contribution is 2.13. The van der Waals surface area contributed by atoms with Crippen LogP contribution in [0.4, 0.5) is 0 Å². The van der Waals surface area contributed by atoms with Crippen LogP contribution < -0.4 is 15.4 Å². The number of aliphatic carboxylic acids is 1. The first-order valence-electron chi connectivity index (χ1n) is 9.95. The fourth-order valence-electron chi connectivity index (χ4n) is 3.13. The lowest BCUT2D eigenvalue weighted by atomic mass is 10.0. The van der Waals surface area contributed by atoms with Crippen molar-refractivity contribution in [3.8, 4) is 5.75 Å². The number of nitrogens with zero attached hydrogens (tertiary/aromatic N) is 1. The number of nitrogens with one attached hydrogen (secondary N) is 3. The van der Waals surface area contributed by atoms with Gasteiger partial charge in [0.25, 0.3) is 5.91 Å². The monoisotopic (exact) mass is 436 g/mol. The third-order valence-corrected chi connectivity index (χ3v) is 4.85. The van der Waals surface area contributed by atoms with Crippen LogP contribution in [0.5, 0.6) is 5.75 Å². The molecule has 0 saturated heterocycles. The number of benzene rings is 2. The van der Waals surface area contributed by atoms with E-state index < -0.39 is 29.9 Å². The maximum atomic E-state index is 13.0. The number of hydrogen-bond donors (Lipinski definition) is 4. The van der Waals surface area contributed by atoms with E-state index >= 15 is 0 Å². The van der Waals surface area contributed by atoms with Crippen molar-refractivity contribution in [2.24, 2.45) is 0 Å². The minimum absolute atomic E-state index is 0.0779. The van der Waals surface area contributed by atoms with E-state index in [2.05, 4.69) is 20.6 Å². The number of carbonyl (C=O) groups excluding carboxylic acids is 2. The molecule has 0 radical (unpaired) electrons. The summed E-state index contributed by atoms with van der Waals surface area (Å²) in [5.74, 6) is -1.58. The molecular formula is C23H24N4O5. The van der Waals surface area contributed by atoms with Crippen LogP contribution in [0.15, 0.2) is 67.1 Å². The molecule has 0 spiro atoms. The van der Waals surface area contributed by atoms with E-state index in [0.29, 0.717) is 17.0 Å². The molecule has 9 heteroatoms. The van der Waals surface area contributed by atoms with Crippen molar-refractivity contribution >= 4 is 17.8 Å². The number of methoxy groups -OCH3 is 1. The maximum absolute atomic E-state index is 13.0. The van der Waals surface area contributed by atoms with Gasteiger partial charge in [0.05, 0.1) is 13.4 Å². The fourth-order valence-corrected chi connectivity index (χ4v) is 3.13. The van der Waals surface area contributed by atoms with Crippen LogP contribution in [0.1, 0.15) is 21.6 Å². The molecule has 3 rings (SSSR count). The summed E-state index contributed by atoms with van der Waals surface area (Å²) in [7, 11) is 1.54. The Labute approximate surface area is 184 Å². The van der Waals surface area contributed by atoms with Gasteiger partial charge in [-0.25, -0.2) is 9.78 Å². The Balaban J connectivity index is 1.73. The van der Waals surface area contributed by atoms with Crippen molar-refractivity contribution in [1.29, 1.82) is 0 Å². The second-order valence-electron chi connectivity index (χ2n) is 7.12. The van der Waals surface area contributed by atoms with Gasteiger partial charge < -0.3 is 25.5 Å². The van der Waals surface area contributed by atoms with Crippen LogP contribution in [0, 0.1) is 0 Å². The maximum Gasteiger partial charge on any atom is 0.326 e. The van der Waals surface area contributed by atoms with Crippen molar-refractivity contribution in [3.05, 3.63) is 83.9 Å². The molecule has 0 aliphatic carbocycles. The Morgan fingerprint density at radius 3 is 2.31 bits per heavy atom. The molecule has 2 atom stereocenters. The van der Waals surface area contributed by atoms with E-state index in [9.17, 15) is 19.5 Å². The van der Waals surface area contributed by atoms with Crippen molar-refractivity contribution in [1.82, 2.24) is 20.6 Å². The van der Waals surface area contributed by atoms with Gasteiger partial charge in [-0.15, -0.1) is 0 Å². The highest BCUT2D eigenvalue weighted by atomic mass is 16.5. The Kier molecular flexibility index (Phi) is 7.58. The van der Waals surface area contributed by atoms with Gasteiger partial charge in [0.2, 0.25) is 5.91 Å². The zero-order chi connectivity index (χ0) is 22.9. The van der Waals surface area contributed by atoms with Gasteiger partial charge in [0, 0.05) is 30.3 Å². The minimum atomic E-state index is -1.18. The van der Waals surface area contributed by atoms with Crippen LogP contribution in [0.25, 0.3) is 0 Å². The van der Waals surface area contributed by atoms with Gasteiger partial charge in [0.15, 0.2) is 0 Å². The number of amides is 2. The summed E-state index contributed by atoms with van der Waals surface area (Å²) < 4.78 is 5.11. The molecule has 1 heterocycles. The Hall–Kier alpha value is -4.14. The number of rotatable bonds is 10. The van der Waals surface area contributed by atoms with E-state index in [4.69, 9.17) is 4.74 Å². The molecule has 166 valence electrons. The molecule has 2 aromatic carbocycles. The second-order valence-corrected chi connectivity index (χ2v) is 7.12. The SMILES string of the molecule is COc1ccc(CC(NC(=O)[C@H](Cc2cnc[nH]2)NC(=O)c2ccccc2)C(=O)O)cc1. The summed E-state index contributed by atoms with van der Waals surface area (Å²) in [6, 6.07) is 13.2. The van der Waals surface area contributed by atoms with E-state index in [1.807, 2.05) is 0 Å². The number of carboxylic acid groups (broad SMARTS) is 1. The number of aromatic nitrogens is 2. The molecule has 0 saturated carbocycles. The van der Waals surface area contributed by atoms with Gasteiger partial charge in [-0.05, 0) is 29.8 Å². The topological polar surface area (TPSA) is 133 Å². The number of ether oxygens (including phenoxy) is 1. The lowest BCUT2D eigenvalue weighted by molar-refractivity contribution is -0.142. The number of imidazole rings is 1. The summed E-state index contributed by atoms with van der Waals surface area (Å²) in [6.45, 7) is 0. The number of aromatic amines is 1. The van der Waals surface area contributed by atoms with E-state index in [1.165, 1.54) is 6.33 Å². The molecule has 1 unspecified atom stereocenters. The van der Waals surface area contributed by atoms with Crippen LogP contribution in [0.3, 0.4) is 0 Å². The van der Waals surface area contributed by atoms with Crippen molar-refractivity contribution in [2.45, 2.75) is 24.9 Å². The molecule has 1 aromatic heterocycles. The first kappa shape index (κ1) is 22.5. The number of hydrogen-bond acceptors (Lipinski definition) is 5. The van der Waals surface area contributed by atoms with Crippen LogP contribution in [-0.4, -0.2) is 52.1 Å². The second kappa shape index (κ2) is 10.8. The number of carboxylic acids is 1. The molecule has 0 bridgehead atoms. The molecule has 4 N–H and O–H groups in total. The normalized spacial score (nSPS) is 12.4. The van der Waals surface area contributed by atoms with Crippen molar-refractivity contribution in [3.63, 3.8) is 0 Å². The highest BCUT2D eigenvalue weighted by molar-refractivity contribution is 5.98. The molecule has 9 nitrogen and oxygen atoms in total. The van der Waals surface area contributed by atoms with Crippen LogP contribution in [0.2, 0.25) is 0 Å². The van der Waals surface area contributed by atoms with Crippen molar-refractivity contribution < 1.29 is 24.2 Å². The number of H-pyrrole nitrogens is 1. The molecule has 32 heavy (non-hydrogen) atoms. The van der Waals surface area contributed by atoms with E-state index in [-0.39, 0.29) is 12.8 Å². The lowest BCUT2D eigenvalue weighted by Gasteiger charge is -2.21. The predicted octanol–water partition coefficient (Wildman–Crippen LogP) is 1.57. The molecule has 0 fully saturated rings. The third-order valence-electron chi connectivity index (χ3n) is 4.85. The first-order chi connectivity index (χ1) is 15.5. The molecule has 0 aliphatic heterocycles. The Morgan fingerprint density at radius 1 is 1.00 bits per heavy atom. The minimum Gasteiger partial charge on any atom is -0.497 e. The van der Waals surface area contributed by atoms with Gasteiger partial charge >= 0.3 is 5.97 Å². The van der Waals surface area contributed by atoms with Crippen LogP contribution in [-0.2, 0) is 22.4 Å². The molecule has 0 aliphatic rings. The Morgan fingerprint density at radius 2 is 1.72 bits per heavy atom. The molecule has 3 aromatic rings. The number of carbonyl (C=O) groups is 3. The van der Waals surface area contributed by atoms with Gasteiger partial charge in [-0.3, -0.25) is 9.59 Å². The highest BCUT2D eigenvalue weighted by Gasteiger charge is 2.27. The first-order valence-corrected chi connectivity index (χ1v) is 9.95. The van der Waals surface area contributed by atoms with Gasteiger partial charge in [-0.2, -0.15) is 0 Å². The standard InChI is InChI=1S/C23H24N4O5/c1-32-18-9-7-15(8-10-18)11-20(23(30)31)27-22(29)19(12-17-13-24-14-25-17)26-21(28)16-5-3-2-4-6-16/h2-10,13-14,19-20H,11-12H2,1H3,(H,24,25)(H,26,28)(H,27,29)(H,30,31)/t19-,20?/m0/s1. The molecular weight excluding hydrogens is 412 g/mol. The van der Waals surface area contributed by atoms with E-state index in [1.54, 1.807) is 67.9 Å². The summed E-state index contributed by atoms with van der Waals surface area (Å²) in [5.41, 5.74) is 1.74. The zero-order valence-corrected chi connectivity index (χ0v) is 17.4. The summed E-state index contributed by atoms with van der Waals surface area (Å²) >= 11 is 0. The predicted molar refractivity (Wildman–Crippen MR) is 116 cm³/mol.